The Morgan fingerprint density at radius 3 is 2.43 bits per heavy atom. The predicted molar refractivity (Wildman–Crippen MR) is 109 cm³/mol. The van der Waals surface area contributed by atoms with E-state index in [4.69, 9.17) is 4.74 Å². The fraction of sp³-hybridized carbons (Fsp3) is 0.458. The van der Waals surface area contributed by atoms with Gasteiger partial charge in [0.05, 0.1) is 6.04 Å². The van der Waals surface area contributed by atoms with Gasteiger partial charge in [-0.05, 0) is 61.9 Å². The Balaban J connectivity index is 1.44. The minimum Gasteiger partial charge on any atom is -0.444 e. The molecule has 0 saturated carbocycles. The molecule has 3 atom stereocenters. The molecule has 4 heterocycles. The van der Waals surface area contributed by atoms with Crippen LogP contribution in [0.1, 0.15) is 42.5 Å². The van der Waals surface area contributed by atoms with Gasteiger partial charge >= 0.3 is 6.09 Å². The van der Waals surface area contributed by atoms with Crippen molar-refractivity contribution in [3.05, 3.63) is 71.3 Å². The van der Waals surface area contributed by atoms with E-state index in [1.54, 1.807) is 0 Å². The summed E-state index contributed by atoms with van der Waals surface area (Å²) in [6, 6.07) is 19.1. The van der Waals surface area contributed by atoms with Gasteiger partial charge in [0.2, 0.25) is 0 Å². The molecule has 4 aliphatic heterocycles. The maximum Gasteiger partial charge on any atom is 0.410 e. The molecule has 6 rings (SSSR count). The highest BCUT2D eigenvalue weighted by atomic mass is 16.6. The van der Waals surface area contributed by atoms with E-state index in [-0.39, 0.29) is 18.2 Å². The highest BCUT2D eigenvalue weighted by Gasteiger charge is 2.43. The van der Waals surface area contributed by atoms with Crippen LogP contribution in [0.3, 0.4) is 0 Å². The number of nitrogens with zero attached hydrogens (tertiary/aromatic N) is 2. The average Bonchev–Trinajstić information content (AvgIpc) is 2.76. The first-order valence-electron chi connectivity index (χ1n) is 10.6. The number of fused-ring (bicyclic) bond motifs is 4. The highest BCUT2D eigenvalue weighted by Crippen LogP contribution is 2.38. The first kappa shape index (κ1) is 17.7. The van der Waals surface area contributed by atoms with Gasteiger partial charge in [0.25, 0.3) is 0 Å². The zero-order valence-corrected chi connectivity index (χ0v) is 16.5. The number of hydrogen-bond donors (Lipinski definition) is 0. The largest absolute Gasteiger partial charge is 0.444 e. The van der Waals surface area contributed by atoms with E-state index in [1.807, 2.05) is 23.1 Å². The summed E-state index contributed by atoms with van der Waals surface area (Å²) in [7, 11) is 0. The minimum atomic E-state index is -0.158. The zero-order valence-electron chi connectivity index (χ0n) is 16.5. The van der Waals surface area contributed by atoms with Crippen LogP contribution < -0.4 is 0 Å². The molecule has 1 amide bonds. The van der Waals surface area contributed by atoms with Gasteiger partial charge in [-0.25, -0.2) is 4.79 Å². The van der Waals surface area contributed by atoms with Crippen LogP contribution in [0.4, 0.5) is 4.79 Å². The van der Waals surface area contributed by atoms with E-state index in [2.05, 4.69) is 48.2 Å². The molecule has 3 saturated heterocycles. The minimum absolute atomic E-state index is 0.0172. The van der Waals surface area contributed by atoms with Crippen molar-refractivity contribution in [3.8, 4) is 0 Å². The van der Waals surface area contributed by atoms with Gasteiger partial charge in [0.1, 0.15) is 6.10 Å². The van der Waals surface area contributed by atoms with Gasteiger partial charge in [-0.3, -0.25) is 9.80 Å². The highest BCUT2D eigenvalue weighted by molar-refractivity contribution is 5.70. The third-order valence-electron chi connectivity index (χ3n) is 6.96. The molecule has 3 fully saturated rings. The van der Waals surface area contributed by atoms with Crippen LogP contribution in [0.2, 0.25) is 0 Å². The maximum absolute atomic E-state index is 13.4. The lowest BCUT2D eigenvalue weighted by atomic mass is 9.81. The molecule has 28 heavy (non-hydrogen) atoms. The first-order valence-corrected chi connectivity index (χ1v) is 10.6. The Kier molecular flexibility index (Phi) is 4.59. The summed E-state index contributed by atoms with van der Waals surface area (Å²) in [6.07, 6.45) is 3.03. The van der Waals surface area contributed by atoms with Gasteiger partial charge in [-0.2, -0.15) is 0 Å². The van der Waals surface area contributed by atoms with Crippen molar-refractivity contribution in [1.29, 1.82) is 0 Å². The molecular formula is C24H28N2O2. The second-order valence-electron chi connectivity index (χ2n) is 8.42. The lowest BCUT2D eigenvalue weighted by Gasteiger charge is -2.49. The van der Waals surface area contributed by atoms with E-state index in [9.17, 15) is 4.79 Å². The van der Waals surface area contributed by atoms with Gasteiger partial charge in [0, 0.05) is 12.6 Å². The maximum atomic E-state index is 13.4. The van der Waals surface area contributed by atoms with Crippen LogP contribution >= 0.6 is 0 Å². The lowest BCUT2D eigenvalue weighted by molar-refractivity contribution is -0.0803. The third kappa shape index (κ3) is 3.00. The normalized spacial score (nSPS) is 31.3. The SMILES string of the molecule is CC1[C@H](OC(=O)N2CCc3ccccc3[C@@H]2c2ccccc2)C2CCN1CC2. The number of rotatable bonds is 2. The number of carbonyl (C=O) groups is 1. The van der Waals surface area contributed by atoms with Crippen LogP contribution in [0, 0.1) is 5.92 Å². The summed E-state index contributed by atoms with van der Waals surface area (Å²) < 4.78 is 6.19. The van der Waals surface area contributed by atoms with E-state index in [1.165, 1.54) is 11.1 Å². The number of hydrogen-bond acceptors (Lipinski definition) is 3. The molecule has 2 bridgehead atoms. The molecule has 1 unspecified atom stereocenters. The topological polar surface area (TPSA) is 32.8 Å². The molecule has 0 aromatic heterocycles. The van der Waals surface area contributed by atoms with Crippen molar-refractivity contribution >= 4 is 6.09 Å². The summed E-state index contributed by atoms with van der Waals surface area (Å²) in [6.45, 7) is 5.20. The fourth-order valence-corrected chi connectivity index (χ4v) is 5.39. The zero-order chi connectivity index (χ0) is 19.1. The molecule has 146 valence electrons. The molecule has 0 radical (unpaired) electrons. The Labute approximate surface area is 167 Å². The number of carbonyl (C=O) groups excluding carboxylic acids is 1. The van der Waals surface area contributed by atoms with E-state index < -0.39 is 0 Å². The van der Waals surface area contributed by atoms with Crippen LogP contribution in [0.15, 0.2) is 54.6 Å². The second-order valence-corrected chi connectivity index (χ2v) is 8.42. The van der Waals surface area contributed by atoms with Crippen molar-refractivity contribution in [2.24, 2.45) is 5.92 Å². The average molecular weight is 377 g/mol. The summed E-state index contributed by atoms with van der Waals surface area (Å²) in [5.74, 6) is 0.510. The fourth-order valence-electron chi connectivity index (χ4n) is 5.39. The Bertz CT molecular complexity index is 843. The molecule has 0 aliphatic carbocycles. The molecule has 4 aliphatic rings. The standard InChI is InChI=1S/C24H28N2O2/c1-17-23(20-11-14-25(17)15-12-20)28-24(27)26-16-13-18-7-5-6-10-21(18)22(26)19-8-3-2-4-9-19/h2-10,17,20,22-23H,11-16H2,1H3/t17?,22-,23-/m0/s1. The summed E-state index contributed by atoms with van der Waals surface area (Å²) >= 11 is 0. The molecule has 4 nitrogen and oxygen atoms in total. The Hall–Kier alpha value is -2.33. The van der Waals surface area contributed by atoms with Crippen molar-refractivity contribution in [2.45, 2.75) is 44.4 Å². The first-order chi connectivity index (χ1) is 13.7. The van der Waals surface area contributed by atoms with Crippen LogP contribution in [0.5, 0.6) is 0 Å². The second kappa shape index (κ2) is 7.25. The number of amides is 1. The van der Waals surface area contributed by atoms with Crippen molar-refractivity contribution in [1.82, 2.24) is 9.80 Å². The molecule has 2 aromatic rings. The quantitative estimate of drug-likeness (QED) is 0.785. The monoisotopic (exact) mass is 376 g/mol. The van der Waals surface area contributed by atoms with Gasteiger partial charge in [0.15, 0.2) is 0 Å². The van der Waals surface area contributed by atoms with E-state index in [0.717, 1.165) is 37.9 Å². The van der Waals surface area contributed by atoms with Crippen molar-refractivity contribution in [3.63, 3.8) is 0 Å². The molecular weight excluding hydrogens is 348 g/mol. The Morgan fingerprint density at radius 1 is 0.964 bits per heavy atom. The van der Waals surface area contributed by atoms with E-state index >= 15 is 0 Å². The summed E-state index contributed by atoms with van der Waals surface area (Å²) in [5, 5.41) is 0. The van der Waals surface area contributed by atoms with Gasteiger partial charge < -0.3 is 4.74 Å². The molecule has 0 spiro atoms. The predicted octanol–water partition coefficient (Wildman–Crippen LogP) is 4.25. The number of benzene rings is 2. The van der Waals surface area contributed by atoms with Crippen LogP contribution in [0.25, 0.3) is 0 Å². The number of piperidine rings is 3. The van der Waals surface area contributed by atoms with Crippen LogP contribution in [-0.4, -0.2) is 47.7 Å². The van der Waals surface area contributed by atoms with Crippen molar-refractivity contribution < 1.29 is 9.53 Å². The summed E-state index contributed by atoms with van der Waals surface area (Å²) in [5.41, 5.74) is 3.70. The van der Waals surface area contributed by atoms with Crippen LogP contribution in [-0.2, 0) is 11.2 Å². The molecule has 0 N–H and O–H groups in total. The third-order valence-corrected chi connectivity index (χ3v) is 6.96. The number of ether oxygens (including phenoxy) is 1. The summed E-state index contributed by atoms with van der Waals surface area (Å²) in [4.78, 5) is 17.8. The Morgan fingerprint density at radius 2 is 1.68 bits per heavy atom. The smallest absolute Gasteiger partial charge is 0.410 e. The molecule has 4 heteroatoms. The van der Waals surface area contributed by atoms with E-state index in [0.29, 0.717) is 18.5 Å². The molecule has 2 aromatic carbocycles. The van der Waals surface area contributed by atoms with Gasteiger partial charge in [-0.15, -0.1) is 0 Å². The van der Waals surface area contributed by atoms with Crippen molar-refractivity contribution in [2.75, 3.05) is 19.6 Å². The van der Waals surface area contributed by atoms with Gasteiger partial charge in [-0.1, -0.05) is 54.6 Å². The lowest BCUT2D eigenvalue weighted by Crippen LogP contribution is -2.58.